The van der Waals surface area contributed by atoms with Crippen molar-refractivity contribution in [1.82, 2.24) is 5.32 Å². The molecular formula is C15H26N2O3. The molecule has 0 aliphatic heterocycles. The van der Waals surface area contributed by atoms with Gasteiger partial charge < -0.3 is 21.0 Å². The van der Waals surface area contributed by atoms with Crippen LogP contribution in [-0.2, 0) is 9.59 Å². The van der Waals surface area contributed by atoms with Crippen LogP contribution in [0.4, 0.5) is 0 Å². The lowest BCUT2D eigenvalue weighted by atomic mass is 9.81. The zero-order chi connectivity index (χ0) is 15.3. The molecule has 0 amide bonds. The lowest BCUT2D eigenvalue weighted by Gasteiger charge is -2.35. The van der Waals surface area contributed by atoms with E-state index in [0.29, 0.717) is 24.0 Å². The van der Waals surface area contributed by atoms with E-state index in [2.05, 4.69) is 25.7 Å². The van der Waals surface area contributed by atoms with Crippen LogP contribution in [0.15, 0.2) is 12.7 Å². The standard InChI is InChI=1S/C15H26N2O3/c1-4-12(16)15(14-9(2)5-6-10(14)3)17-11(8-18)7-13(19)20/h4,8-12,14-15,17H,1,5-7,16H2,2-3H3,(H,19,20)/t9?,10?,11-,12?,14?,15?/m1/s1. The SMILES string of the molecule is C=CC(N)C(N[C@@H](C=O)CC(=O)O)C1C(C)CCC1C. The topological polar surface area (TPSA) is 92.4 Å². The minimum atomic E-state index is -0.993. The van der Waals surface area contributed by atoms with E-state index in [1.807, 2.05) is 0 Å². The smallest absolute Gasteiger partial charge is 0.305 e. The Hall–Kier alpha value is -1.20. The van der Waals surface area contributed by atoms with Crippen molar-refractivity contribution in [2.45, 2.75) is 51.2 Å². The highest BCUT2D eigenvalue weighted by Gasteiger charge is 2.39. The first-order chi connectivity index (χ1) is 9.40. The second kappa shape index (κ2) is 7.55. The molecule has 4 unspecified atom stereocenters. The highest BCUT2D eigenvalue weighted by molar-refractivity contribution is 5.73. The Bertz CT molecular complexity index is 349. The predicted molar refractivity (Wildman–Crippen MR) is 78.3 cm³/mol. The van der Waals surface area contributed by atoms with Crippen LogP contribution in [0.2, 0.25) is 0 Å². The van der Waals surface area contributed by atoms with Crippen molar-refractivity contribution in [2.24, 2.45) is 23.5 Å². The Morgan fingerprint density at radius 2 is 2.00 bits per heavy atom. The van der Waals surface area contributed by atoms with Crippen molar-refractivity contribution in [3.8, 4) is 0 Å². The zero-order valence-electron chi connectivity index (χ0n) is 12.3. The molecule has 5 nitrogen and oxygen atoms in total. The van der Waals surface area contributed by atoms with Crippen LogP contribution in [0.3, 0.4) is 0 Å². The van der Waals surface area contributed by atoms with Crippen LogP contribution >= 0.6 is 0 Å². The first kappa shape index (κ1) is 16.9. The summed E-state index contributed by atoms with van der Waals surface area (Å²) >= 11 is 0. The summed E-state index contributed by atoms with van der Waals surface area (Å²) in [7, 11) is 0. The molecule has 0 bridgehead atoms. The monoisotopic (exact) mass is 282 g/mol. The quantitative estimate of drug-likeness (QED) is 0.459. The van der Waals surface area contributed by atoms with Gasteiger partial charge in [0.15, 0.2) is 0 Å². The summed E-state index contributed by atoms with van der Waals surface area (Å²) in [6, 6.07) is -1.11. The lowest BCUT2D eigenvalue weighted by molar-refractivity contribution is -0.138. The molecule has 1 rings (SSSR count). The Labute approximate surface area is 120 Å². The molecule has 1 fully saturated rings. The molecule has 5 atom stereocenters. The summed E-state index contributed by atoms with van der Waals surface area (Å²) in [4.78, 5) is 21.9. The van der Waals surface area contributed by atoms with E-state index in [1.54, 1.807) is 6.08 Å². The van der Waals surface area contributed by atoms with Gasteiger partial charge in [0.25, 0.3) is 0 Å². The number of carbonyl (C=O) groups excluding carboxylic acids is 1. The molecule has 0 radical (unpaired) electrons. The Morgan fingerprint density at radius 3 is 2.40 bits per heavy atom. The fourth-order valence-electron chi connectivity index (χ4n) is 3.39. The second-order valence-corrected chi connectivity index (χ2v) is 5.96. The van der Waals surface area contributed by atoms with E-state index in [-0.39, 0.29) is 18.5 Å². The number of carboxylic acids is 1. The van der Waals surface area contributed by atoms with Gasteiger partial charge in [-0.05, 0) is 17.8 Å². The number of hydrogen-bond acceptors (Lipinski definition) is 4. The maximum Gasteiger partial charge on any atom is 0.305 e. The molecule has 0 aromatic carbocycles. The van der Waals surface area contributed by atoms with Gasteiger partial charge in [0.2, 0.25) is 0 Å². The van der Waals surface area contributed by atoms with Gasteiger partial charge in [-0.2, -0.15) is 0 Å². The molecule has 4 N–H and O–H groups in total. The van der Waals surface area contributed by atoms with Crippen molar-refractivity contribution >= 4 is 12.3 Å². The molecule has 1 saturated carbocycles. The molecule has 0 aromatic rings. The van der Waals surface area contributed by atoms with Crippen LogP contribution in [0.1, 0.15) is 33.1 Å². The molecule has 20 heavy (non-hydrogen) atoms. The summed E-state index contributed by atoms with van der Waals surface area (Å²) < 4.78 is 0. The summed E-state index contributed by atoms with van der Waals surface area (Å²) in [6.45, 7) is 8.10. The molecule has 0 saturated heterocycles. The normalized spacial score (nSPS) is 30.4. The maximum absolute atomic E-state index is 11.1. The van der Waals surface area contributed by atoms with Gasteiger partial charge in [-0.15, -0.1) is 6.58 Å². The number of rotatable bonds is 8. The molecule has 0 aromatic heterocycles. The van der Waals surface area contributed by atoms with Crippen LogP contribution in [0, 0.1) is 17.8 Å². The van der Waals surface area contributed by atoms with Gasteiger partial charge in [0, 0.05) is 12.1 Å². The Morgan fingerprint density at radius 1 is 1.45 bits per heavy atom. The highest BCUT2D eigenvalue weighted by atomic mass is 16.4. The van der Waals surface area contributed by atoms with E-state index >= 15 is 0 Å². The molecule has 114 valence electrons. The van der Waals surface area contributed by atoms with Crippen molar-refractivity contribution < 1.29 is 14.7 Å². The molecule has 0 heterocycles. The Kier molecular flexibility index (Phi) is 6.36. The van der Waals surface area contributed by atoms with E-state index in [1.165, 1.54) is 0 Å². The maximum atomic E-state index is 11.1. The van der Waals surface area contributed by atoms with Crippen LogP contribution in [0.5, 0.6) is 0 Å². The van der Waals surface area contributed by atoms with Gasteiger partial charge in [-0.25, -0.2) is 0 Å². The number of aliphatic carboxylic acids is 1. The van der Waals surface area contributed by atoms with Gasteiger partial charge in [0.1, 0.15) is 6.29 Å². The predicted octanol–water partition coefficient (Wildman–Crippen LogP) is 1.18. The largest absolute Gasteiger partial charge is 0.481 e. The van der Waals surface area contributed by atoms with E-state index in [0.717, 1.165) is 12.8 Å². The Balaban J connectivity index is 2.86. The zero-order valence-corrected chi connectivity index (χ0v) is 12.3. The molecule has 1 aliphatic rings. The van der Waals surface area contributed by atoms with Crippen LogP contribution in [-0.4, -0.2) is 35.5 Å². The third-order valence-corrected chi connectivity index (χ3v) is 4.46. The van der Waals surface area contributed by atoms with Gasteiger partial charge in [-0.3, -0.25) is 4.79 Å². The van der Waals surface area contributed by atoms with Crippen LogP contribution < -0.4 is 11.1 Å². The minimum absolute atomic E-state index is 0.116. The third kappa shape index (κ3) is 4.15. The second-order valence-electron chi connectivity index (χ2n) is 5.96. The fraction of sp³-hybridized carbons (Fsp3) is 0.733. The van der Waals surface area contributed by atoms with E-state index in [9.17, 15) is 9.59 Å². The molecular weight excluding hydrogens is 256 g/mol. The first-order valence-electron chi connectivity index (χ1n) is 7.22. The van der Waals surface area contributed by atoms with Gasteiger partial charge in [0.05, 0.1) is 12.5 Å². The number of nitrogens with two attached hydrogens (primary N) is 1. The minimum Gasteiger partial charge on any atom is -0.481 e. The fourth-order valence-corrected chi connectivity index (χ4v) is 3.39. The lowest BCUT2D eigenvalue weighted by Crippen LogP contribution is -2.55. The number of carbonyl (C=O) groups is 2. The molecule has 5 heteroatoms. The number of hydrogen-bond donors (Lipinski definition) is 3. The summed E-state index contributed by atoms with van der Waals surface area (Å²) in [5, 5.41) is 12.0. The summed E-state index contributed by atoms with van der Waals surface area (Å²) in [5.41, 5.74) is 6.11. The summed E-state index contributed by atoms with van der Waals surface area (Å²) in [6.07, 6.45) is 4.37. The van der Waals surface area contributed by atoms with E-state index < -0.39 is 12.0 Å². The molecule has 0 spiro atoms. The van der Waals surface area contributed by atoms with Gasteiger partial charge >= 0.3 is 5.97 Å². The van der Waals surface area contributed by atoms with E-state index in [4.69, 9.17) is 10.8 Å². The van der Waals surface area contributed by atoms with Crippen molar-refractivity contribution in [1.29, 1.82) is 0 Å². The number of nitrogens with one attached hydrogen (secondary N) is 1. The highest BCUT2D eigenvalue weighted by Crippen LogP contribution is 2.39. The first-order valence-corrected chi connectivity index (χ1v) is 7.22. The van der Waals surface area contributed by atoms with Crippen molar-refractivity contribution in [2.75, 3.05) is 0 Å². The third-order valence-electron chi connectivity index (χ3n) is 4.46. The molecule has 1 aliphatic carbocycles. The number of carboxylic acid groups (broad SMARTS) is 1. The van der Waals surface area contributed by atoms with Gasteiger partial charge in [-0.1, -0.05) is 32.8 Å². The van der Waals surface area contributed by atoms with Crippen molar-refractivity contribution in [3.63, 3.8) is 0 Å². The number of aldehydes is 1. The summed E-state index contributed by atoms with van der Waals surface area (Å²) in [5.74, 6) is 0.351. The van der Waals surface area contributed by atoms with Crippen molar-refractivity contribution in [3.05, 3.63) is 12.7 Å². The average Bonchev–Trinajstić information content (AvgIpc) is 2.73. The average molecular weight is 282 g/mol. The van der Waals surface area contributed by atoms with Crippen LogP contribution in [0.25, 0.3) is 0 Å².